The maximum atomic E-state index is 13.4. The van der Waals surface area contributed by atoms with Crippen LogP contribution in [0.3, 0.4) is 0 Å². The number of aromatic nitrogens is 1. The molecule has 1 aliphatic carbocycles. The van der Waals surface area contributed by atoms with E-state index in [4.69, 9.17) is 16.6 Å². The van der Waals surface area contributed by atoms with E-state index in [0.29, 0.717) is 21.6 Å². The smallest absolute Gasteiger partial charge is 0.270 e. The molecule has 0 fully saturated rings. The molecule has 1 aromatic carbocycles. The zero-order chi connectivity index (χ0) is 22.8. The maximum absolute atomic E-state index is 13.4. The average Bonchev–Trinajstić information content (AvgIpc) is 3.34. The second kappa shape index (κ2) is 9.52. The van der Waals surface area contributed by atoms with Crippen LogP contribution in [0.15, 0.2) is 36.9 Å². The van der Waals surface area contributed by atoms with Gasteiger partial charge in [-0.1, -0.05) is 17.7 Å². The van der Waals surface area contributed by atoms with Gasteiger partial charge in [-0.05, 0) is 62.4 Å². The van der Waals surface area contributed by atoms with E-state index in [1.54, 1.807) is 28.4 Å². The predicted octanol–water partition coefficient (Wildman–Crippen LogP) is 6.27. The first-order valence-corrected chi connectivity index (χ1v) is 12.2. The summed E-state index contributed by atoms with van der Waals surface area (Å²) in [6.45, 7) is 5.95. The fourth-order valence-corrected chi connectivity index (χ4v) is 5.99. The summed E-state index contributed by atoms with van der Waals surface area (Å²) in [5.41, 5.74) is 2.00. The standard InChI is InChI=1S/C23H21ClFN3O2S2/c1-3-10-28(23-26-17-6-4-5-7-18(17)31-23)22(30)20-13(2)11-19(32-20)27-21(29)15-9-8-14(25)12-16(15)24/h3,8-9,11-12H,1,4-7,10H2,2H3,(H,27,29). The van der Waals surface area contributed by atoms with Crippen LogP contribution < -0.4 is 10.2 Å². The van der Waals surface area contributed by atoms with E-state index in [1.165, 1.54) is 28.3 Å². The van der Waals surface area contributed by atoms with Gasteiger partial charge in [0.2, 0.25) is 0 Å². The highest BCUT2D eigenvalue weighted by Crippen LogP contribution is 2.35. The number of halogens is 2. The average molecular weight is 490 g/mol. The third-order valence-corrected chi connectivity index (χ3v) is 7.78. The number of carbonyl (C=O) groups is 2. The van der Waals surface area contributed by atoms with Gasteiger partial charge in [0.05, 0.1) is 26.2 Å². The normalized spacial score (nSPS) is 12.8. The number of anilines is 2. The molecule has 0 spiro atoms. The van der Waals surface area contributed by atoms with Crippen LogP contribution >= 0.6 is 34.3 Å². The number of benzene rings is 1. The second-order valence-electron chi connectivity index (χ2n) is 7.48. The summed E-state index contributed by atoms with van der Waals surface area (Å²) >= 11 is 8.74. The van der Waals surface area contributed by atoms with E-state index >= 15 is 0 Å². The maximum Gasteiger partial charge on any atom is 0.270 e. The molecule has 5 nitrogen and oxygen atoms in total. The molecule has 2 heterocycles. The number of hydrogen-bond acceptors (Lipinski definition) is 5. The van der Waals surface area contributed by atoms with Gasteiger partial charge in [-0.3, -0.25) is 14.5 Å². The number of fused-ring (bicyclic) bond motifs is 1. The third-order valence-electron chi connectivity index (χ3n) is 5.15. The Balaban J connectivity index is 1.57. The Bertz CT molecular complexity index is 1180. The van der Waals surface area contributed by atoms with Crippen molar-refractivity contribution in [3.8, 4) is 0 Å². The highest BCUT2D eigenvalue weighted by molar-refractivity contribution is 7.19. The summed E-state index contributed by atoms with van der Waals surface area (Å²) in [7, 11) is 0. The molecular weight excluding hydrogens is 469 g/mol. The highest BCUT2D eigenvalue weighted by Gasteiger charge is 2.26. The molecule has 9 heteroatoms. The van der Waals surface area contributed by atoms with Gasteiger partial charge in [-0.25, -0.2) is 9.37 Å². The van der Waals surface area contributed by atoms with Gasteiger partial charge < -0.3 is 5.32 Å². The molecule has 1 aliphatic rings. The van der Waals surface area contributed by atoms with E-state index in [2.05, 4.69) is 11.9 Å². The van der Waals surface area contributed by atoms with Gasteiger partial charge in [-0.2, -0.15) is 0 Å². The van der Waals surface area contributed by atoms with E-state index in [-0.39, 0.29) is 16.5 Å². The van der Waals surface area contributed by atoms with Crippen LogP contribution in [0.2, 0.25) is 5.02 Å². The Labute approximate surface area is 198 Å². The molecule has 0 saturated carbocycles. The van der Waals surface area contributed by atoms with Crippen molar-refractivity contribution in [1.29, 1.82) is 0 Å². The number of hydrogen-bond donors (Lipinski definition) is 1. The van der Waals surface area contributed by atoms with Crippen LogP contribution in [0, 0.1) is 12.7 Å². The fourth-order valence-electron chi connectivity index (χ4n) is 3.56. The van der Waals surface area contributed by atoms with E-state index in [1.807, 2.05) is 6.92 Å². The molecule has 0 radical (unpaired) electrons. The lowest BCUT2D eigenvalue weighted by Gasteiger charge is -2.17. The van der Waals surface area contributed by atoms with Crippen molar-refractivity contribution in [2.75, 3.05) is 16.8 Å². The summed E-state index contributed by atoms with van der Waals surface area (Å²) in [5, 5.41) is 3.97. The lowest BCUT2D eigenvalue weighted by Crippen LogP contribution is -2.30. The summed E-state index contributed by atoms with van der Waals surface area (Å²) in [5.74, 6) is -1.16. The zero-order valence-electron chi connectivity index (χ0n) is 17.4. The monoisotopic (exact) mass is 489 g/mol. The van der Waals surface area contributed by atoms with Crippen LogP contribution in [-0.2, 0) is 12.8 Å². The third kappa shape index (κ3) is 4.62. The largest absolute Gasteiger partial charge is 0.313 e. The minimum atomic E-state index is -0.516. The molecule has 3 aromatic rings. The Hall–Kier alpha value is -2.55. The minimum absolute atomic E-state index is 0.0250. The van der Waals surface area contributed by atoms with Gasteiger partial charge >= 0.3 is 0 Å². The van der Waals surface area contributed by atoms with Crippen molar-refractivity contribution in [2.45, 2.75) is 32.6 Å². The van der Waals surface area contributed by atoms with Crippen LogP contribution in [0.4, 0.5) is 14.5 Å². The Morgan fingerprint density at radius 1 is 1.28 bits per heavy atom. The Morgan fingerprint density at radius 3 is 2.78 bits per heavy atom. The van der Waals surface area contributed by atoms with Crippen LogP contribution in [-0.4, -0.2) is 23.3 Å². The molecule has 2 aromatic heterocycles. The minimum Gasteiger partial charge on any atom is -0.313 e. The number of carbonyl (C=O) groups excluding carboxylic acids is 2. The van der Waals surface area contributed by atoms with Crippen molar-refractivity contribution < 1.29 is 14.0 Å². The van der Waals surface area contributed by atoms with E-state index < -0.39 is 11.7 Å². The van der Waals surface area contributed by atoms with E-state index in [9.17, 15) is 14.0 Å². The number of rotatable bonds is 6. The summed E-state index contributed by atoms with van der Waals surface area (Å²) in [6.07, 6.45) is 5.90. The van der Waals surface area contributed by atoms with Gasteiger partial charge in [-0.15, -0.1) is 29.3 Å². The molecule has 0 saturated heterocycles. The molecule has 0 atom stereocenters. The molecule has 32 heavy (non-hydrogen) atoms. The molecule has 0 bridgehead atoms. The van der Waals surface area contributed by atoms with Gasteiger partial charge in [0.15, 0.2) is 5.13 Å². The lowest BCUT2D eigenvalue weighted by atomic mass is 10.0. The van der Waals surface area contributed by atoms with Gasteiger partial charge in [0.25, 0.3) is 11.8 Å². The number of thiazole rings is 1. The van der Waals surface area contributed by atoms with Gasteiger partial charge in [0.1, 0.15) is 5.82 Å². The molecule has 0 aliphatic heterocycles. The summed E-state index contributed by atoms with van der Waals surface area (Å²) < 4.78 is 13.3. The number of amides is 2. The molecule has 166 valence electrons. The van der Waals surface area contributed by atoms with Crippen LogP contribution in [0.25, 0.3) is 0 Å². The van der Waals surface area contributed by atoms with Crippen molar-refractivity contribution in [2.24, 2.45) is 0 Å². The second-order valence-corrected chi connectivity index (χ2v) is 10.0. The molecule has 0 unspecified atom stereocenters. The number of nitrogens with one attached hydrogen (secondary N) is 1. The highest BCUT2D eigenvalue weighted by atomic mass is 35.5. The van der Waals surface area contributed by atoms with Crippen molar-refractivity contribution >= 4 is 56.2 Å². The van der Waals surface area contributed by atoms with Crippen molar-refractivity contribution in [1.82, 2.24) is 4.98 Å². The van der Waals surface area contributed by atoms with Crippen LogP contribution in [0.1, 0.15) is 49.0 Å². The molecule has 4 rings (SSSR count). The summed E-state index contributed by atoms with van der Waals surface area (Å²) in [6, 6.07) is 5.34. The van der Waals surface area contributed by atoms with Crippen molar-refractivity contribution in [3.63, 3.8) is 0 Å². The summed E-state index contributed by atoms with van der Waals surface area (Å²) in [4.78, 5) is 34.1. The quantitative estimate of drug-likeness (QED) is 0.415. The first-order chi connectivity index (χ1) is 15.4. The molecular formula is C23H21ClFN3O2S2. The predicted molar refractivity (Wildman–Crippen MR) is 129 cm³/mol. The van der Waals surface area contributed by atoms with Gasteiger partial charge in [0, 0.05) is 11.4 Å². The first kappa shape index (κ1) is 22.6. The topological polar surface area (TPSA) is 62.3 Å². The molecule has 2 amide bonds. The molecule has 1 N–H and O–H groups in total. The van der Waals surface area contributed by atoms with Crippen LogP contribution in [0.5, 0.6) is 0 Å². The Kier molecular flexibility index (Phi) is 6.74. The SMILES string of the molecule is C=CCN(C(=O)c1sc(NC(=O)c2ccc(F)cc2Cl)cc1C)c1nc2c(s1)CCCC2. The number of thiophene rings is 1. The number of nitrogens with zero attached hydrogens (tertiary/aromatic N) is 2. The first-order valence-electron chi connectivity index (χ1n) is 10.2. The Morgan fingerprint density at radius 2 is 2.06 bits per heavy atom. The van der Waals surface area contributed by atoms with E-state index in [0.717, 1.165) is 43.0 Å². The van der Waals surface area contributed by atoms with Crippen molar-refractivity contribution in [3.05, 3.63) is 74.3 Å². The lowest BCUT2D eigenvalue weighted by molar-refractivity contribution is 0.0991. The zero-order valence-corrected chi connectivity index (χ0v) is 19.8. The number of aryl methyl sites for hydroxylation is 3. The fraction of sp³-hybridized carbons (Fsp3) is 0.261.